The van der Waals surface area contributed by atoms with Crippen LogP contribution in [0.4, 0.5) is 0 Å². The fraction of sp³-hybridized carbons (Fsp3) is 0.944. The lowest BCUT2D eigenvalue weighted by molar-refractivity contribution is -0.143. The number of hydrogen-bond donors (Lipinski definition) is 3. The molecule has 0 spiro atoms. The molecule has 0 saturated carbocycles. The van der Waals surface area contributed by atoms with Gasteiger partial charge < -0.3 is 20.3 Å². The second kappa shape index (κ2) is 67.1. The van der Waals surface area contributed by atoms with Gasteiger partial charge in [0.15, 0.2) is 0 Å². The molecule has 77 heavy (non-hydrogen) atoms. The van der Waals surface area contributed by atoms with Gasteiger partial charge in [-0.05, 0) is 51.4 Å². The van der Waals surface area contributed by atoms with Gasteiger partial charge in [-0.3, -0.25) is 9.59 Å². The molecule has 0 aliphatic heterocycles. The topological polar surface area (TPSA) is 95.9 Å². The van der Waals surface area contributed by atoms with Crippen molar-refractivity contribution in [3.05, 3.63) is 12.2 Å². The number of nitrogens with one attached hydrogen (secondary N) is 1. The Hall–Kier alpha value is -1.40. The molecule has 0 heterocycles. The average Bonchev–Trinajstić information content (AvgIpc) is 3.43. The highest BCUT2D eigenvalue weighted by molar-refractivity contribution is 5.76. The van der Waals surface area contributed by atoms with E-state index in [0.29, 0.717) is 25.9 Å². The highest BCUT2D eigenvalue weighted by Gasteiger charge is 2.20. The van der Waals surface area contributed by atoms with Gasteiger partial charge in [-0.15, -0.1) is 0 Å². The van der Waals surface area contributed by atoms with Crippen LogP contribution in [0.15, 0.2) is 12.2 Å². The minimum absolute atomic E-state index is 0.0225. The predicted molar refractivity (Wildman–Crippen MR) is 338 cm³/mol. The number of carbonyl (C=O) groups is 2. The molecule has 0 radical (unpaired) electrons. The normalized spacial score (nSPS) is 12.5. The van der Waals surface area contributed by atoms with Crippen LogP contribution < -0.4 is 5.32 Å². The van der Waals surface area contributed by atoms with Gasteiger partial charge in [0.05, 0.1) is 25.4 Å². The first-order chi connectivity index (χ1) is 38.0. The number of unbranched alkanes of at least 4 members (excludes halogenated alkanes) is 54. The van der Waals surface area contributed by atoms with E-state index < -0.39 is 12.1 Å². The zero-order valence-electron chi connectivity index (χ0n) is 52.5. The van der Waals surface area contributed by atoms with E-state index >= 15 is 0 Å². The van der Waals surface area contributed by atoms with Crippen molar-refractivity contribution in [2.24, 2.45) is 0 Å². The van der Waals surface area contributed by atoms with Crippen LogP contribution in [0.5, 0.6) is 0 Å². The van der Waals surface area contributed by atoms with E-state index in [-0.39, 0.29) is 18.5 Å². The van der Waals surface area contributed by atoms with Gasteiger partial charge in [-0.25, -0.2) is 0 Å². The third-order valence-corrected chi connectivity index (χ3v) is 16.8. The second-order valence-electron chi connectivity index (χ2n) is 24.6. The summed E-state index contributed by atoms with van der Waals surface area (Å²) in [6.45, 7) is 4.99. The molecule has 0 aliphatic carbocycles. The molecule has 0 aromatic carbocycles. The summed E-state index contributed by atoms with van der Waals surface area (Å²) in [6.07, 6.45) is 82.7. The first-order valence-electron chi connectivity index (χ1n) is 35.4. The molecule has 1 amide bonds. The highest BCUT2D eigenvalue weighted by Crippen LogP contribution is 2.19. The Kier molecular flexibility index (Phi) is 65.9. The van der Waals surface area contributed by atoms with E-state index in [9.17, 15) is 19.8 Å². The molecule has 0 fully saturated rings. The van der Waals surface area contributed by atoms with Crippen molar-refractivity contribution < 1.29 is 24.5 Å². The predicted octanol–water partition coefficient (Wildman–Crippen LogP) is 22.8. The number of ether oxygens (including phenoxy) is 1. The summed E-state index contributed by atoms with van der Waals surface area (Å²) in [5.74, 6) is -0.00793. The Bertz CT molecular complexity index is 1160. The van der Waals surface area contributed by atoms with E-state index in [2.05, 4.69) is 31.3 Å². The van der Waals surface area contributed by atoms with E-state index in [0.717, 1.165) is 38.5 Å². The minimum Gasteiger partial charge on any atom is -0.466 e. The van der Waals surface area contributed by atoms with Crippen LogP contribution >= 0.6 is 0 Å². The van der Waals surface area contributed by atoms with Crippen LogP contribution in [0, 0.1) is 0 Å². The molecule has 0 rings (SSSR count). The Balaban J connectivity index is 3.32. The third-order valence-electron chi connectivity index (χ3n) is 16.8. The van der Waals surface area contributed by atoms with Gasteiger partial charge >= 0.3 is 5.97 Å². The molecule has 3 N–H and O–H groups in total. The zero-order chi connectivity index (χ0) is 55.7. The fourth-order valence-electron chi connectivity index (χ4n) is 11.4. The number of carbonyl (C=O) groups excluding carboxylic acids is 2. The van der Waals surface area contributed by atoms with E-state index in [1.54, 1.807) is 0 Å². The molecular weight excluding hydrogens is 947 g/mol. The summed E-state index contributed by atoms with van der Waals surface area (Å²) in [7, 11) is 0. The Morgan fingerprint density at radius 2 is 0.610 bits per heavy atom. The Labute approximate surface area is 482 Å². The number of allylic oxidation sites excluding steroid dienone is 2. The second-order valence-corrected chi connectivity index (χ2v) is 24.6. The lowest BCUT2D eigenvalue weighted by Crippen LogP contribution is -2.45. The summed E-state index contributed by atoms with van der Waals surface area (Å²) >= 11 is 0. The van der Waals surface area contributed by atoms with Crippen LogP contribution in [0.1, 0.15) is 406 Å². The largest absolute Gasteiger partial charge is 0.466 e. The molecule has 0 saturated heterocycles. The smallest absolute Gasteiger partial charge is 0.305 e. The maximum absolute atomic E-state index is 12.5. The quantitative estimate of drug-likeness (QED) is 0.0320. The van der Waals surface area contributed by atoms with E-state index in [4.69, 9.17) is 4.74 Å². The minimum atomic E-state index is -0.660. The molecular formula is C71H139NO5. The van der Waals surface area contributed by atoms with Crippen molar-refractivity contribution in [1.82, 2.24) is 5.32 Å². The van der Waals surface area contributed by atoms with E-state index in [1.807, 2.05) is 0 Å². The molecule has 0 bridgehead atoms. The summed E-state index contributed by atoms with van der Waals surface area (Å²) in [5, 5.41) is 23.3. The highest BCUT2D eigenvalue weighted by atomic mass is 16.5. The van der Waals surface area contributed by atoms with Gasteiger partial charge in [-0.1, -0.05) is 353 Å². The maximum Gasteiger partial charge on any atom is 0.305 e. The van der Waals surface area contributed by atoms with Gasteiger partial charge in [0.2, 0.25) is 5.91 Å². The van der Waals surface area contributed by atoms with Crippen LogP contribution in [0.25, 0.3) is 0 Å². The summed E-state index contributed by atoms with van der Waals surface area (Å²) in [6, 6.07) is -0.537. The summed E-state index contributed by atoms with van der Waals surface area (Å²) in [5.41, 5.74) is 0. The molecule has 458 valence electrons. The molecule has 6 nitrogen and oxygen atoms in total. The standard InChI is InChI=1S/C71H139NO5/c1-3-5-7-9-11-13-15-17-18-38-41-45-49-53-57-61-65-71(76)77-66-62-58-54-50-46-42-39-36-34-32-30-28-26-24-22-20-19-21-23-25-27-29-31-33-35-37-40-44-48-52-56-60-64-70(75)72-68(67-73)69(74)63-59-55-51-47-43-16-14-12-10-8-6-4-2/h22,24,68-69,73-74H,3-21,23,25-67H2,1-2H3,(H,72,75)/b24-22-. The molecule has 0 aliphatic rings. The van der Waals surface area contributed by atoms with Crippen molar-refractivity contribution >= 4 is 11.9 Å². The SMILES string of the molecule is CCCCCCCCCCCCCCCCCCC(=O)OCCCCCCCCCCCCCC/C=C\CCCCCCCCCCCCCCCCCCC(=O)NC(CO)C(O)CCCCCCCCCCCCCC. The average molecular weight is 1090 g/mol. The van der Waals surface area contributed by atoms with Crippen molar-refractivity contribution in [2.75, 3.05) is 13.2 Å². The van der Waals surface area contributed by atoms with Crippen molar-refractivity contribution in [3.63, 3.8) is 0 Å². The van der Waals surface area contributed by atoms with Crippen LogP contribution in [-0.4, -0.2) is 47.4 Å². The first kappa shape index (κ1) is 75.6. The van der Waals surface area contributed by atoms with Crippen molar-refractivity contribution in [3.8, 4) is 0 Å². The molecule has 0 aromatic rings. The van der Waals surface area contributed by atoms with Crippen molar-refractivity contribution in [2.45, 2.75) is 418 Å². The van der Waals surface area contributed by atoms with Crippen molar-refractivity contribution in [1.29, 1.82) is 0 Å². The van der Waals surface area contributed by atoms with Crippen LogP contribution in [-0.2, 0) is 14.3 Å². The number of esters is 1. The molecule has 2 atom stereocenters. The number of hydrogen-bond acceptors (Lipinski definition) is 5. The number of amides is 1. The molecule has 0 aromatic heterocycles. The number of rotatable bonds is 67. The van der Waals surface area contributed by atoms with Crippen LogP contribution in [0.2, 0.25) is 0 Å². The third kappa shape index (κ3) is 63.6. The van der Waals surface area contributed by atoms with Gasteiger partial charge in [0, 0.05) is 12.8 Å². The fourth-order valence-corrected chi connectivity index (χ4v) is 11.4. The first-order valence-corrected chi connectivity index (χ1v) is 35.4. The summed E-state index contributed by atoms with van der Waals surface area (Å²) in [4.78, 5) is 24.6. The lowest BCUT2D eigenvalue weighted by Gasteiger charge is -2.22. The number of aliphatic hydroxyl groups excluding tert-OH is 2. The number of aliphatic hydroxyl groups is 2. The molecule has 6 heteroatoms. The maximum atomic E-state index is 12.5. The lowest BCUT2D eigenvalue weighted by atomic mass is 10.0. The van der Waals surface area contributed by atoms with Crippen LogP contribution in [0.3, 0.4) is 0 Å². The van der Waals surface area contributed by atoms with Gasteiger partial charge in [0.25, 0.3) is 0 Å². The van der Waals surface area contributed by atoms with E-state index in [1.165, 1.54) is 334 Å². The van der Waals surface area contributed by atoms with Gasteiger partial charge in [0.1, 0.15) is 0 Å². The Morgan fingerprint density at radius 1 is 0.351 bits per heavy atom. The Morgan fingerprint density at radius 3 is 0.922 bits per heavy atom. The molecule has 2 unspecified atom stereocenters. The summed E-state index contributed by atoms with van der Waals surface area (Å²) < 4.78 is 5.50. The van der Waals surface area contributed by atoms with Gasteiger partial charge in [-0.2, -0.15) is 0 Å². The monoisotopic (exact) mass is 1090 g/mol. The zero-order valence-corrected chi connectivity index (χ0v) is 52.5.